The number of nitrogens with zero attached hydrogens (tertiary/aromatic N) is 4. The van der Waals surface area contributed by atoms with Crippen LogP contribution in [-0.4, -0.2) is 25.5 Å². The molecule has 0 unspecified atom stereocenters. The smallest absolute Gasteiger partial charge is 0.319 e. The van der Waals surface area contributed by atoms with E-state index < -0.39 is 58.5 Å². The Kier molecular flexibility index (Phi) is 5.07. The molecule has 0 bridgehead atoms. The third kappa shape index (κ3) is 3.93. The van der Waals surface area contributed by atoms with Crippen molar-refractivity contribution in [1.29, 1.82) is 0 Å². The Morgan fingerprint density at radius 3 is 2.48 bits per heavy atom. The molecule has 29 heavy (non-hydrogen) atoms. The lowest BCUT2D eigenvalue weighted by Gasteiger charge is -2.13. The van der Waals surface area contributed by atoms with Crippen LogP contribution in [0.3, 0.4) is 0 Å². The lowest BCUT2D eigenvalue weighted by atomic mass is 10.2. The molecule has 1 aromatic carbocycles. The molecule has 0 saturated heterocycles. The second-order valence-electron chi connectivity index (χ2n) is 5.77. The number of carbonyl (C=O) groups is 1. The fraction of sp³-hybridized carbons (Fsp3) is 0.188. The number of rotatable bonds is 4. The van der Waals surface area contributed by atoms with Crippen LogP contribution >= 0.6 is 0 Å². The number of amides is 1. The summed E-state index contributed by atoms with van der Waals surface area (Å²) < 4.78 is 94.7. The first-order chi connectivity index (χ1) is 13.5. The maximum atomic E-state index is 13.9. The second-order valence-corrected chi connectivity index (χ2v) is 5.77. The van der Waals surface area contributed by atoms with E-state index >= 15 is 0 Å². The molecule has 0 radical (unpaired) electrons. The zero-order chi connectivity index (χ0) is 21.5. The number of anilines is 1. The first-order valence-corrected chi connectivity index (χ1v) is 7.72. The van der Waals surface area contributed by atoms with Crippen molar-refractivity contribution in [1.82, 2.24) is 19.6 Å². The van der Waals surface area contributed by atoms with Gasteiger partial charge in [-0.2, -0.15) is 23.4 Å². The highest BCUT2D eigenvalue weighted by Gasteiger charge is 2.40. The van der Waals surface area contributed by atoms with Crippen LogP contribution in [0.25, 0.3) is 5.69 Å². The van der Waals surface area contributed by atoms with E-state index in [0.717, 1.165) is 23.0 Å². The van der Waals surface area contributed by atoms with Gasteiger partial charge >= 0.3 is 6.18 Å². The third-order valence-corrected chi connectivity index (χ3v) is 3.73. The minimum Gasteiger partial charge on any atom is -0.319 e. The molecule has 0 saturated carbocycles. The molecule has 154 valence electrons. The molecule has 0 aliphatic rings. The number of benzene rings is 1. The zero-order valence-corrected chi connectivity index (χ0v) is 14.3. The summed E-state index contributed by atoms with van der Waals surface area (Å²) in [5.41, 5.74) is -4.78. The Labute approximate surface area is 157 Å². The molecule has 13 heteroatoms. The summed E-state index contributed by atoms with van der Waals surface area (Å²) in [6.07, 6.45) is -6.79. The highest BCUT2D eigenvalue weighted by atomic mass is 19.4. The van der Waals surface area contributed by atoms with Crippen LogP contribution in [0.1, 0.15) is 28.2 Å². The van der Waals surface area contributed by atoms with Crippen molar-refractivity contribution in [2.45, 2.75) is 12.6 Å². The molecule has 1 amide bonds. The number of halogens is 7. The zero-order valence-electron chi connectivity index (χ0n) is 14.3. The van der Waals surface area contributed by atoms with E-state index in [1.807, 2.05) is 5.32 Å². The number of aromatic nitrogens is 4. The molecule has 2 aromatic heterocycles. The van der Waals surface area contributed by atoms with Gasteiger partial charge in [0.2, 0.25) is 0 Å². The van der Waals surface area contributed by atoms with E-state index in [2.05, 4.69) is 10.2 Å². The van der Waals surface area contributed by atoms with E-state index in [0.29, 0.717) is 12.3 Å². The molecule has 0 atom stereocenters. The number of hydrogen-bond acceptors (Lipinski definition) is 3. The van der Waals surface area contributed by atoms with E-state index in [-0.39, 0.29) is 4.68 Å². The Bertz CT molecular complexity index is 1070. The fourth-order valence-electron chi connectivity index (χ4n) is 2.58. The molecule has 3 rings (SSSR count). The van der Waals surface area contributed by atoms with Gasteiger partial charge in [0, 0.05) is 19.3 Å². The third-order valence-electron chi connectivity index (χ3n) is 3.73. The van der Waals surface area contributed by atoms with Crippen LogP contribution in [0.4, 0.5) is 36.4 Å². The molecular weight excluding hydrogens is 411 g/mol. The van der Waals surface area contributed by atoms with Crippen molar-refractivity contribution in [2.24, 2.45) is 7.05 Å². The van der Waals surface area contributed by atoms with E-state index in [4.69, 9.17) is 0 Å². The van der Waals surface area contributed by atoms with Gasteiger partial charge in [0.05, 0.1) is 17.4 Å². The van der Waals surface area contributed by atoms with Crippen LogP contribution in [0, 0.1) is 11.6 Å². The van der Waals surface area contributed by atoms with Gasteiger partial charge in [0.1, 0.15) is 17.2 Å². The van der Waals surface area contributed by atoms with Crippen LogP contribution in [0.15, 0.2) is 30.6 Å². The molecule has 0 spiro atoms. The van der Waals surface area contributed by atoms with Gasteiger partial charge in [0.25, 0.3) is 12.3 Å². The van der Waals surface area contributed by atoms with Crippen molar-refractivity contribution in [3.63, 3.8) is 0 Å². The summed E-state index contributed by atoms with van der Waals surface area (Å²) in [7, 11) is 1.25. The number of carbonyl (C=O) groups excluding carboxylic acids is 1. The Morgan fingerprint density at radius 1 is 1.21 bits per heavy atom. The summed E-state index contributed by atoms with van der Waals surface area (Å²) in [4.78, 5) is 12.3. The lowest BCUT2D eigenvalue weighted by molar-refractivity contribution is -0.142. The average Bonchev–Trinajstić information content (AvgIpc) is 3.18. The summed E-state index contributed by atoms with van der Waals surface area (Å²) in [6.45, 7) is 0. The van der Waals surface area contributed by atoms with Crippen LogP contribution < -0.4 is 5.32 Å². The van der Waals surface area contributed by atoms with Crippen molar-refractivity contribution in [3.8, 4) is 5.69 Å². The molecule has 2 heterocycles. The van der Waals surface area contributed by atoms with Gasteiger partial charge in [-0.1, -0.05) is 0 Å². The standard InChI is InChI=1S/C16H10F7N5O/c1-27-6-8(12(26-27)14(19)20)15(29)25-10-5-24-28(13(10)16(21,22)23)11-3-2-7(17)4-9(11)18/h2-6,14H,1H3,(H,25,29). The molecule has 0 aliphatic heterocycles. The van der Waals surface area contributed by atoms with Gasteiger partial charge < -0.3 is 5.32 Å². The highest BCUT2D eigenvalue weighted by molar-refractivity contribution is 6.05. The Balaban J connectivity index is 2.05. The largest absolute Gasteiger partial charge is 0.435 e. The molecule has 0 fully saturated rings. The molecule has 3 aromatic rings. The van der Waals surface area contributed by atoms with E-state index in [9.17, 15) is 35.5 Å². The number of alkyl halides is 5. The average molecular weight is 421 g/mol. The number of aryl methyl sites for hydroxylation is 1. The van der Waals surface area contributed by atoms with Gasteiger partial charge in [-0.05, 0) is 12.1 Å². The first kappa shape index (κ1) is 20.4. The van der Waals surface area contributed by atoms with Crippen LogP contribution in [-0.2, 0) is 13.2 Å². The second kappa shape index (κ2) is 7.22. The Hall–Kier alpha value is -3.38. The predicted octanol–water partition coefficient (Wildman–Crippen LogP) is 4.09. The van der Waals surface area contributed by atoms with Gasteiger partial charge in [-0.25, -0.2) is 22.2 Å². The monoisotopic (exact) mass is 421 g/mol. The van der Waals surface area contributed by atoms with Gasteiger partial charge in [0.15, 0.2) is 11.5 Å². The Morgan fingerprint density at radius 2 is 1.90 bits per heavy atom. The van der Waals surface area contributed by atoms with Crippen molar-refractivity contribution < 1.29 is 35.5 Å². The number of nitrogens with one attached hydrogen (secondary N) is 1. The fourth-order valence-corrected chi connectivity index (χ4v) is 2.58. The summed E-state index contributed by atoms with van der Waals surface area (Å²) >= 11 is 0. The van der Waals surface area contributed by atoms with Crippen molar-refractivity contribution in [2.75, 3.05) is 5.32 Å². The van der Waals surface area contributed by atoms with Crippen LogP contribution in [0.2, 0.25) is 0 Å². The highest BCUT2D eigenvalue weighted by Crippen LogP contribution is 2.37. The maximum Gasteiger partial charge on any atom is 0.435 e. The van der Waals surface area contributed by atoms with E-state index in [1.165, 1.54) is 7.05 Å². The SMILES string of the molecule is Cn1cc(C(=O)Nc2cnn(-c3ccc(F)cc3F)c2C(F)(F)F)c(C(F)F)n1. The summed E-state index contributed by atoms with van der Waals surface area (Å²) in [6, 6.07) is 1.82. The quantitative estimate of drug-likeness (QED) is 0.646. The van der Waals surface area contributed by atoms with Gasteiger partial charge in [-0.3, -0.25) is 9.48 Å². The van der Waals surface area contributed by atoms with Crippen molar-refractivity contribution >= 4 is 11.6 Å². The molecule has 1 N–H and O–H groups in total. The van der Waals surface area contributed by atoms with Crippen LogP contribution in [0.5, 0.6) is 0 Å². The summed E-state index contributed by atoms with van der Waals surface area (Å²) in [5, 5.41) is 8.64. The maximum absolute atomic E-state index is 13.9. The minimum absolute atomic E-state index is 0.127. The molecule has 0 aliphatic carbocycles. The normalized spacial score (nSPS) is 11.9. The molecular formula is C16H10F7N5O. The summed E-state index contributed by atoms with van der Waals surface area (Å²) in [5.74, 6) is -3.64. The first-order valence-electron chi connectivity index (χ1n) is 7.72. The minimum atomic E-state index is -5.12. The topological polar surface area (TPSA) is 64.7 Å². The lowest BCUT2D eigenvalue weighted by Crippen LogP contribution is -2.19. The number of hydrogen-bond donors (Lipinski definition) is 1. The predicted molar refractivity (Wildman–Crippen MR) is 84.6 cm³/mol. The van der Waals surface area contributed by atoms with E-state index in [1.54, 1.807) is 0 Å². The van der Waals surface area contributed by atoms with Gasteiger partial charge in [-0.15, -0.1) is 0 Å². The molecule has 6 nitrogen and oxygen atoms in total. The van der Waals surface area contributed by atoms with Crippen molar-refractivity contribution in [3.05, 3.63) is 59.2 Å².